The first-order chi connectivity index (χ1) is 13.6. The van der Waals surface area contributed by atoms with Crippen molar-refractivity contribution in [3.63, 3.8) is 0 Å². The molecule has 156 valence electrons. The normalized spacial score (nSPS) is 19.2. The number of unbranched alkanes of at least 4 members (excludes halogenated alkanes) is 1. The lowest BCUT2D eigenvalue weighted by molar-refractivity contribution is -0.121. The molecule has 1 aromatic carbocycles. The van der Waals surface area contributed by atoms with Gasteiger partial charge in [0.2, 0.25) is 0 Å². The first-order valence-corrected chi connectivity index (χ1v) is 10.6. The third-order valence-corrected chi connectivity index (χ3v) is 5.74. The fourth-order valence-electron chi connectivity index (χ4n) is 4.39. The van der Waals surface area contributed by atoms with Crippen LogP contribution < -0.4 is 5.32 Å². The van der Waals surface area contributed by atoms with Gasteiger partial charge in [-0.1, -0.05) is 37.5 Å². The largest absolute Gasteiger partial charge is 0.342 e. The van der Waals surface area contributed by atoms with Gasteiger partial charge >= 0.3 is 0 Å². The van der Waals surface area contributed by atoms with E-state index >= 15 is 0 Å². The van der Waals surface area contributed by atoms with Crippen LogP contribution in [0.1, 0.15) is 85.7 Å². The van der Waals surface area contributed by atoms with Gasteiger partial charge in [0.05, 0.1) is 29.4 Å². The topological polar surface area (TPSA) is 64.0 Å². The van der Waals surface area contributed by atoms with E-state index in [2.05, 4.69) is 33.0 Å². The number of hydrogen-bond donors (Lipinski definition) is 1. The lowest BCUT2D eigenvalue weighted by Crippen LogP contribution is -2.48. The van der Waals surface area contributed by atoms with Gasteiger partial charge in [-0.15, -0.1) is 0 Å². The van der Waals surface area contributed by atoms with Crippen molar-refractivity contribution in [3.8, 4) is 0 Å². The van der Waals surface area contributed by atoms with Crippen molar-refractivity contribution in [1.29, 1.82) is 0 Å². The Balaban J connectivity index is 1.98. The second-order valence-corrected chi connectivity index (χ2v) is 9.24. The number of benzene rings is 1. The summed E-state index contributed by atoms with van der Waals surface area (Å²) >= 11 is 0. The number of aromatic nitrogens is 2. The summed E-state index contributed by atoms with van der Waals surface area (Å²) in [6, 6.07) is 6.99. The summed E-state index contributed by atoms with van der Waals surface area (Å²) in [5, 5.41) is 7.85. The number of amides is 1. The molecule has 0 fully saturated rings. The average Bonchev–Trinajstić information content (AvgIpc) is 2.98. The number of Topliss-reactive ketones (excluding diaryl/α,β-unsaturated/α-hetero) is 1. The van der Waals surface area contributed by atoms with Crippen LogP contribution in [0.4, 0.5) is 0 Å². The Hall–Kier alpha value is -2.43. The monoisotopic (exact) mass is 395 g/mol. The second-order valence-electron chi connectivity index (χ2n) is 9.24. The Labute approximate surface area is 173 Å². The third-order valence-electron chi connectivity index (χ3n) is 5.74. The Bertz CT molecular complexity index is 921. The van der Waals surface area contributed by atoms with E-state index in [4.69, 9.17) is 5.10 Å². The van der Waals surface area contributed by atoms with Crippen LogP contribution >= 0.6 is 0 Å². The minimum absolute atomic E-state index is 0.0314. The highest BCUT2D eigenvalue weighted by molar-refractivity contribution is 5.99. The lowest BCUT2D eigenvalue weighted by atomic mass is 9.77. The molecule has 1 aliphatic rings. The smallest absolute Gasteiger partial charge is 0.251 e. The van der Waals surface area contributed by atoms with Crippen LogP contribution in [0, 0.1) is 13.8 Å². The maximum absolute atomic E-state index is 13.2. The highest BCUT2D eigenvalue weighted by atomic mass is 16.2. The molecule has 0 radical (unpaired) electrons. The number of nitrogens with one attached hydrogen (secondary N) is 1. The van der Waals surface area contributed by atoms with Gasteiger partial charge in [0, 0.05) is 17.0 Å². The van der Waals surface area contributed by atoms with Crippen LogP contribution in [0.15, 0.2) is 24.3 Å². The first-order valence-electron chi connectivity index (χ1n) is 10.6. The molecule has 5 heteroatoms. The van der Waals surface area contributed by atoms with Crippen molar-refractivity contribution in [2.45, 2.75) is 84.7 Å². The van der Waals surface area contributed by atoms with Crippen molar-refractivity contribution < 1.29 is 9.59 Å². The summed E-state index contributed by atoms with van der Waals surface area (Å²) in [5.41, 5.74) is 4.58. The molecule has 5 nitrogen and oxygen atoms in total. The fourth-order valence-corrected chi connectivity index (χ4v) is 4.39. The molecule has 1 amide bonds. The number of rotatable bonds is 5. The molecule has 0 saturated heterocycles. The minimum Gasteiger partial charge on any atom is -0.342 e. The minimum atomic E-state index is -0.501. The molecule has 0 unspecified atom stereocenters. The van der Waals surface area contributed by atoms with Gasteiger partial charge < -0.3 is 5.32 Å². The standard InChI is InChI=1S/C24H33N3O2/c1-7-8-12-18-21-16(3)26-27(24(4,5)6)19(21)14-20(28)22(18)25-23(29)17-11-9-10-15(2)13-17/h9-11,13,18,22H,7-8,12,14H2,1-6H3,(H,25,29)/t18-,22+/m0/s1. The summed E-state index contributed by atoms with van der Waals surface area (Å²) < 4.78 is 2.01. The van der Waals surface area contributed by atoms with Crippen molar-refractivity contribution in [2.24, 2.45) is 0 Å². The molecule has 1 N–H and O–H groups in total. The zero-order valence-corrected chi connectivity index (χ0v) is 18.5. The van der Waals surface area contributed by atoms with E-state index in [0.717, 1.165) is 41.8 Å². The Kier molecular flexibility index (Phi) is 5.97. The van der Waals surface area contributed by atoms with E-state index in [-0.39, 0.29) is 23.1 Å². The number of ketones is 1. The quantitative estimate of drug-likeness (QED) is 0.813. The SMILES string of the molecule is CCCC[C@H]1c2c(C)nn(C(C)(C)C)c2CC(=O)[C@@H]1NC(=O)c1cccc(C)c1. The first kappa shape index (κ1) is 21.3. The molecular weight excluding hydrogens is 362 g/mol. The van der Waals surface area contributed by atoms with Gasteiger partial charge in [0.25, 0.3) is 5.91 Å². The number of carbonyl (C=O) groups is 2. The van der Waals surface area contributed by atoms with Crippen LogP contribution in [0.5, 0.6) is 0 Å². The van der Waals surface area contributed by atoms with Gasteiger partial charge in [-0.05, 0) is 53.2 Å². The van der Waals surface area contributed by atoms with Gasteiger partial charge in [-0.3, -0.25) is 14.3 Å². The molecule has 29 heavy (non-hydrogen) atoms. The number of nitrogens with zero attached hydrogens (tertiary/aromatic N) is 2. The van der Waals surface area contributed by atoms with E-state index in [1.54, 1.807) is 6.07 Å². The van der Waals surface area contributed by atoms with Crippen molar-refractivity contribution >= 4 is 11.7 Å². The summed E-state index contributed by atoms with van der Waals surface area (Å²) in [6.45, 7) is 12.5. The van der Waals surface area contributed by atoms with E-state index in [1.807, 2.05) is 36.7 Å². The van der Waals surface area contributed by atoms with Crippen LogP contribution in [0.2, 0.25) is 0 Å². The summed E-state index contributed by atoms with van der Waals surface area (Å²) in [7, 11) is 0. The van der Waals surface area contributed by atoms with Gasteiger partial charge in [0.1, 0.15) is 0 Å². The van der Waals surface area contributed by atoms with Crippen LogP contribution in [-0.2, 0) is 16.8 Å². The number of aryl methyl sites for hydroxylation is 2. The van der Waals surface area contributed by atoms with Crippen molar-refractivity contribution in [2.75, 3.05) is 0 Å². The van der Waals surface area contributed by atoms with Gasteiger partial charge in [-0.2, -0.15) is 5.10 Å². The summed E-state index contributed by atoms with van der Waals surface area (Å²) in [5.74, 6) is -0.140. The van der Waals surface area contributed by atoms with Gasteiger partial charge in [0.15, 0.2) is 5.78 Å². The number of hydrogen-bond acceptors (Lipinski definition) is 3. The van der Waals surface area contributed by atoms with Crippen LogP contribution in [-0.4, -0.2) is 27.5 Å². The lowest BCUT2D eigenvalue weighted by Gasteiger charge is -2.33. The molecule has 1 aromatic heterocycles. The van der Waals surface area contributed by atoms with Crippen molar-refractivity contribution in [3.05, 3.63) is 52.3 Å². The maximum atomic E-state index is 13.2. The fraction of sp³-hybridized carbons (Fsp3) is 0.542. The predicted molar refractivity (Wildman–Crippen MR) is 115 cm³/mol. The van der Waals surface area contributed by atoms with E-state index in [1.165, 1.54) is 0 Å². The average molecular weight is 396 g/mol. The van der Waals surface area contributed by atoms with Crippen molar-refractivity contribution in [1.82, 2.24) is 15.1 Å². The zero-order chi connectivity index (χ0) is 21.3. The molecule has 1 heterocycles. The highest BCUT2D eigenvalue weighted by Crippen LogP contribution is 2.38. The molecule has 0 aliphatic heterocycles. The summed E-state index contributed by atoms with van der Waals surface area (Å²) in [6.07, 6.45) is 3.23. The number of fused-ring (bicyclic) bond motifs is 1. The molecule has 1 aliphatic carbocycles. The Morgan fingerprint density at radius 3 is 2.62 bits per heavy atom. The molecule has 0 saturated carbocycles. The predicted octanol–water partition coefficient (Wildman–Crippen LogP) is 4.45. The highest BCUT2D eigenvalue weighted by Gasteiger charge is 2.41. The molecular formula is C24H33N3O2. The van der Waals surface area contributed by atoms with E-state index in [9.17, 15) is 9.59 Å². The van der Waals surface area contributed by atoms with Crippen LogP contribution in [0.3, 0.4) is 0 Å². The summed E-state index contributed by atoms with van der Waals surface area (Å²) in [4.78, 5) is 26.1. The van der Waals surface area contributed by atoms with Crippen LogP contribution in [0.25, 0.3) is 0 Å². The van der Waals surface area contributed by atoms with Gasteiger partial charge in [-0.25, -0.2) is 0 Å². The Morgan fingerprint density at radius 2 is 2.00 bits per heavy atom. The third kappa shape index (κ3) is 4.29. The second kappa shape index (κ2) is 8.13. The zero-order valence-electron chi connectivity index (χ0n) is 18.5. The molecule has 2 aromatic rings. The van der Waals surface area contributed by atoms with E-state index < -0.39 is 6.04 Å². The molecule has 0 bridgehead atoms. The molecule has 2 atom stereocenters. The molecule has 3 rings (SSSR count). The molecule has 0 spiro atoms. The van der Waals surface area contributed by atoms with E-state index in [0.29, 0.717) is 12.0 Å². The maximum Gasteiger partial charge on any atom is 0.251 e. The number of carbonyl (C=O) groups excluding carboxylic acids is 2. The Morgan fingerprint density at radius 1 is 1.28 bits per heavy atom.